The van der Waals surface area contributed by atoms with E-state index in [0.717, 1.165) is 0 Å². The minimum absolute atomic E-state index is 0.166. The maximum atomic E-state index is 11.9. The molecule has 0 saturated carbocycles. The van der Waals surface area contributed by atoms with Crippen LogP contribution < -0.4 is 10.0 Å². The number of benzene rings is 2. The number of aliphatic imine (C=N–C) groups is 1. The molecule has 2 aromatic rings. The lowest BCUT2D eigenvalue weighted by atomic mass is 10.2. The van der Waals surface area contributed by atoms with Gasteiger partial charge >= 0.3 is 0 Å². The first kappa shape index (κ1) is 14.3. The van der Waals surface area contributed by atoms with Crippen LogP contribution in [0.5, 0.6) is 0 Å². The molecule has 0 unspecified atom stereocenters. The molecular formula is C15H13N3O3S. The predicted octanol–water partition coefficient (Wildman–Crippen LogP) is 1.36. The van der Waals surface area contributed by atoms with Gasteiger partial charge < -0.3 is 5.32 Å². The molecule has 0 aliphatic carbocycles. The number of fused-ring (bicyclic) bond motifs is 1. The Bertz CT molecular complexity index is 845. The molecule has 0 fully saturated rings. The van der Waals surface area contributed by atoms with Gasteiger partial charge in [0.2, 0.25) is 5.91 Å². The molecule has 3 rings (SSSR count). The zero-order valence-corrected chi connectivity index (χ0v) is 12.3. The lowest BCUT2D eigenvalue weighted by Gasteiger charge is -2.03. The van der Waals surface area contributed by atoms with Crippen LogP contribution in [0.3, 0.4) is 0 Å². The van der Waals surface area contributed by atoms with Crippen LogP contribution in [0, 0.1) is 0 Å². The number of rotatable bonds is 3. The number of anilines is 1. The molecule has 0 atom stereocenters. The zero-order chi connectivity index (χ0) is 15.6. The van der Waals surface area contributed by atoms with E-state index in [0.29, 0.717) is 11.3 Å². The Morgan fingerprint density at radius 3 is 2.50 bits per heavy atom. The summed E-state index contributed by atoms with van der Waals surface area (Å²) < 4.78 is 26.2. The summed E-state index contributed by atoms with van der Waals surface area (Å²) in [4.78, 5) is 16.1. The number of amides is 1. The van der Waals surface area contributed by atoms with Crippen LogP contribution in [-0.2, 0) is 14.8 Å². The van der Waals surface area contributed by atoms with Crippen molar-refractivity contribution in [3.8, 4) is 0 Å². The highest BCUT2D eigenvalue weighted by Crippen LogP contribution is 2.22. The zero-order valence-electron chi connectivity index (χ0n) is 11.5. The highest BCUT2D eigenvalue weighted by molar-refractivity contribution is 7.90. The number of carbonyl (C=O) groups excluding carboxylic acids is 1. The second kappa shape index (κ2) is 5.61. The molecule has 0 spiro atoms. The van der Waals surface area contributed by atoms with Gasteiger partial charge in [0.1, 0.15) is 12.4 Å². The monoisotopic (exact) mass is 315 g/mol. The van der Waals surface area contributed by atoms with Gasteiger partial charge in [-0.3, -0.25) is 14.5 Å². The van der Waals surface area contributed by atoms with Gasteiger partial charge in [0.25, 0.3) is 10.0 Å². The summed E-state index contributed by atoms with van der Waals surface area (Å²) in [5.74, 6) is -0.124. The van der Waals surface area contributed by atoms with Gasteiger partial charge in [-0.05, 0) is 24.3 Å². The van der Waals surface area contributed by atoms with Crippen LogP contribution in [0.15, 0.2) is 64.5 Å². The van der Waals surface area contributed by atoms with E-state index in [9.17, 15) is 13.2 Å². The Hall–Kier alpha value is -2.67. The smallest absolute Gasteiger partial charge is 0.263 e. The topological polar surface area (TPSA) is 87.6 Å². The van der Waals surface area contributed by atoms with Gasteiger partial charge in [0, 0.05) is 11.3 Å². The molecule has 2 N–H and O–H groups in total. The number of hydrogen-bond donors (Lipinski definition) is 2. The summed E-state index contributed by atoms with van der Waals surface area (Å²) in [6, 6.07) is 15.5. The summed E-state index contributed by atoms with van der Waals surface area (Å²) in [5.41, 5.74) is 1.15. The Morgan fingerprint density at radius 1 is 1.05 bits per heavy atom. The summed E-state index contributed by atoms with van der Waals surface area (Å²) in [6.45, 7) is -0.166. The summed E-state index contributed by atoms with van der Waals surface area (Å²) in [7, 11) is -3.57. The minimum atomic E-state index is -3.57. The van der Waals surface area contributed by atoms with E-state index in [1.54, 1.807) is 30.3 Å². The predicted molar refractivity (Wildman–Crippen MR) is 83.2 cm³/mol. The quantitative estimate of drug-likeness (QED) is 0.896. The van der Waals surface area contributed by atoms with E-state index in [1.165, 1.54) is 6.07 Å². The Morgan fingerprint density at radius 2 is 1.73 bits per heavy atom. The second-order valence-electron chi connectivity index (χ2n) is 4.68. The molecule has 112 valence electrons. The molecule has 1 heterocycles. The first-order chi connectivity index (χ1) is 10.6. The summed E-state index contributed by atoms with van der Waals surface area (Å²) in [6.07, 6.45) is 0. The highest BCUT2D eigenvalue weighted by Gasteiger charge is 2.30. The van der Waals surface area contributed by atoms with Crippen molar-refractivity contribution >= 4 is 27.5 Å². The number of nitrogens with one attached hydrogen (secondary N) is 2. The van der Waals surface area contributed by atoms with Crippen molar-refractivity contribution in [3.63, 3.8) is 0 Å². The van der Waals surface area contributed by atoms with Crippen molar-refractivity contribution in [1.82, 2.24) is 4.72 Å². The fourth-order valence-electron chi connectivity index (χ4n) is 2.12. The SMILES string of the molecule is O=C(CN=C1NS(=O)(=O)c2ccccc21)Nc1ccccc1. The minimum Gasteiger partial charge on any atom is -0.324 e. The van der Waals surface area contributed by atoms with Crippen LogP contribution in [0.25, 0.3) is 0 Å². The molecule has 0 saturated heterocycles. The fraction of sp³-hybridized carbons (Fsp3) is 0.0667. The standard InChI is InChI=1S/C15H13N3O3S/c19-14(17-11-6-2-1-3-7-11)10-16-15-12-8-4-5-9-13(12)22(20,21)18-15/h1-9H,10H2,(H,16,18)(H,17,19). The van der Waals surface area contributed by atoms with Crippen molar-refractivity contribution in [1.29, 1.82) is 0 Å². The van der Waals surface area contributed by atoms with Crippen molar-refractivity contribution in [2.45, 2.75) is 4.90 Å². The van der Waals surface area contributed by atoms with Gasteiger partial charge in [-0.1, -0.05) is 30.3 Å². The van der Waals surface area contributed by atoms with E-state index in [2.05, 4.69) is 15.0 Å². The number of nitrogens with zero attached hydrogens (tertiary/aromatic N) is 1. The van der Waals surface area contributed by atoms with Crippen LogP contribution in [0.1, 0.15) is 5.56 Å². The maximum Gasteiger partial charge on any atom is 0.263 e. The Kier molecular flexibility index (Phi) is 3.64. The van der Waals surface area contributed by atoms with Gasteiger partial charge in [-0.2, -0.15) is 0 Å². The van der Waals surface area contributed by atoms with E-state index in [1.807, 2.05) is 18.2 Å². The van der Waals surface area contributed by atoms with Crippen molar-refractivity contribution in [2.75, 3.05) is 11.9 Å². The first-order valence-corrected chi connectivity index (χ1v) is 8.06. The number of carbonyl (C=O) groups is 1. The van der Waals surface area contributed by atoms with E-state index in [-0.39, 0.29) is 23.2 Å². The van der Waals surface area contributed by atoms with E-state index in [4.69, 9.17) is 0 Å². The van der Waals surface area contributed by atoms with Crippen molar-refractivity contribution in [3.05, 3.63) is 60.2 Å². The largest absolute Gasteiger partial charge is 0.324 e. The molecule has 0 bridgehead atoms. The molecule has 22 heavy (non-hydrogen) atoms. The molecule has 1 amide bonds. The van der Waals surface area contributed by atoms with Crippen LogP contribution in [0.4, 0.5) is 5.69 Å². The first-order valence-electron chi connectivity index (χ1n) is 6.58. The average molecular weight is 315 g/mol. The van der Waals surface area contributed by atoms with E-state index < -0.39 is 10.0 Å². The number of amidine groups is 1. The molecular weight excluding hydrogens is 302 g/mol. The third-order valence-corrected chi connectivity index (χ3v) is 4.50. The second-order valence-corrected chi connectivity index (χ2v) is 6.33. The fourth-order valence-corrected chi connectivity index (χ4v) is 3.38. The molecule has 1 aliphatic heterocycles. The lowest BCUT2D eigenvalue weighted by molar-refractivity contribution is -0.114. The summed E-state index contributed by atoms with van der Waals surface area (Å²) in [5, 5.41) is 2.69. The van der Waals surface area contributed by atoms with Gasteiger partial charge in [0.15, 0.2) is 0 Å². The van der Waals surface area contributed by atoms with E-state index >= 15 is 0 Å². The van der Waals surface area contributed by atoms with Crippen molar-refractivity contribution < 1.29 is 13.2 Å². The summed E-state index contributed by atoms with van der Waals surface area (Å²) >= 11 is 0. The Balaban J connectivity index is 1.76. The van der Waals surface area contributed by atoms with Crippen molar-refractivity contribution in [2.24, 2.45) is 4.99 Å². The highest BCUT2D eigenvalue weighted by atomic mass is 32.2. The molecule has 1 aliphatic rings. The third-order valence-electron chi connectivity index (χ3n) is 3.10. The molecule has 7 heteroatoms. The average Bonchev–Trinajstić information content (AvgIpc) is 2.78. The van der Waals surface area contributed by atoms with Gasteiger partial charge in [-0.15, -0.1) is 0 Å². The lowest BCUT2D eigenvalue weighted by Crippen LogP contribution is -2.24. The van der Waals surface area contributed by atoms with Crippen LogP contribution >= 0.6 is 0 Å². The number of sulfonamides is 1. The number of para-hydroxylation sites is 1. The molecule has 2 aromatic carbocycles. The normalized spacial score (nSPS) is 16.8. The van der Waals surface area contributed by atoms with Gasteiger partial charge in [0.05, 0.1) is 4.90 Å². The van der Waals surface area contributed by atoms with Gasteiger partial charge in [-0.25, -0.2) is 8.42 Å². The molecule has 0 radical (unpaired) electrons. The Labute approximate surface area is 127 Å². The molecule has 0 aromatic heterocycles. The molecule has 6 nitrogen and oxygen atoms in total. The number of hydrogen-bond acceptors (Lipinski definition) is 4. The maximum absolute atomic E-state index is 11.9. The van der Waals surface area contributed by atoms with Crippen LogP contribution in [0.2, 0.25) is 0 Å². The van der Waals surface area contributed by atoms with Crippen LogP contribution in [-0.4, -0.2) is 26.7 Å². The third kappa shape index (κ3) is 2.84.